The number of hydrogen-bond donors (Lipinski definition) is 3. The summed E-state index contributed by atoms with van der Waals surface area (Å²) >= 11 is 0. The summed E-state index contributed by atoms with van der Waals surface area (Å²) in [6, 6.07) is -0.721. The first-order chi connectivity index (χ1) is 33.0. The Kier molecular flexibility index (Phi) is 51.6. The molecule has 0 bridgehead atoms. The van der Waals surface area contributed by atoms with Crippen molar-refractivity contribution in [2.75, 3.05) is 6.61 Å². The molecule has 0 aliphatic carbocycles. The Labute approximate surface area is 414 Å². The molecule has 0 aliphatic heterocycles. The van der Waals surface area contributed by atoms with Gasteiger partial charge in [0, 0.05) is 6.42 Å². The smallest absolute Gasteiger partial charge is 0.306 e. The van der Waals surface area contributed by atoms with Crippen molar-refractivity contribution in [1.29, 1.82) is 0 Å². The van der Waals surface area contributed by atoms with Crippen LogP contribution >= 0.6 is 0 Å². The lowest BCUT2D eigenvalue weighted by molar-refractivity contribution is -0.151. The van der Waals surface area contributed by atoms with Crippen molar-refractivity contribution in [2.45, 2.75) is 283 Å². The molecule has 0 aromatic heterocycles. The zero-order valence-electron chi connectivity index (χ0n) is 44.0. The second kappa shape index (κ2) is 54.0. The van der Waals surface area contributed by atoms with Crippen LogP contribution in [-0.2, 0) is 14.3 Å². The van der Waals surface area contributed by atoms with Gasteiger partial charge in [-0.3, -0.25) is 9.59 Å². The van der Waals surface area contributed by atoms with E-state index in [4.69, 9.17) is 4.74 Å². The quantitative estimate of drug-likeness (QED) is 0.0321. The van der Waals surface area contributed by atoms with Crippen LogP contribution in [0.25, 0.3) is 0 Å². The van der Waals surface area contributed by atoms with E-state index in [0.29, 0.717) is 19.3 Å². The molecule has 0 radical (unpaired) electrons. The van der Waals surface area contributed by atoms with Gasteiger partial charge in [-0.25, -0.2) is 0 Å². The summed E-state index contributed by atoms with van der Waals surface area (Å²) in [6.45, 7) is 6.34. The van der Waals surface area contributed by atoms with Crippen LogP contribution in [-0.4, -0.2) is 46.9 Å². The Balaban J connectivity index is 4.64. The Morgan fingerprint density at radius 1 is 0.448 bits per heavy atom. The molecule has 6 heteroatoms. The summed E-state index contributed by atoms with van der Waals surface area (Å²) in [5.74, 6) is -0.532. The van der Waals surface area contributed by atoms with E-state index in [1.54, 1.807) is 0 Å². The standard InChI is InChI=1S/C61H107NO5/c1-4-7-10-13-16-19-22-25-28-29-30-31-33-36-39-42-45-48-51-54-61(66)67-57(52-49-46-43-40-37-34-27-24-21-18-15-12-9-6-3)55-60(65)62-58(56-63)59(64)53-50-47-44-41-38-35-32-26-23-20-17-14-11-8-5-2/h9,12,16,18-19,21,25,27-28,30-31,34,36,39,57-59,63-64H,4-8,10-11,13-15,17,20,22-24,26,29,32-33,35,37-38,40-56H2,1-3H3,(H,62,65)/b12-9+,19-16-,21-18+,28-25-,31-30-,34-27+,39-36-. The third-order valence-corrected chi connectivity index (χ3v) is 12.5. The van der Waals surface area contributed by atoms with Crippen molar-refractivity contribution < 1.29 is 24.5 Å². The molecule has 67 heavy (non-hydrogen) atoms. The Morgan fingerprint density at radius 3 is 1.25 bits per heavy atom. The average molecular weight is 935 g/mol. The first-order valence-electron chi connectivity index (χ1n) is 28.3. The molecule has 0 aromatic carbocycles. The van der Waals surface area contributed by atoms with E-state index >= 15 is 0 Å². The number of unbranched alkanes of at least 4 members (excludes halogenated alkanes) is 24. The van der Waals surface area contributed by atoms with Crippen LogP contribution in [0.2, 0.25) is 0 Å². The zero-order valence-corrected chi connectivity index (χ0v) is 44.0. The number of ether oxygens (including phenoxy) is 1. The number of carbonyl (C=O) groups is 2. The fourth-order valence-corrected chi connectivity index (χ4v) is 8.19. The molecule has 0 aliphatic rings. The average Bonchev–Trinajstić information content (AvgIpc) is 3.32. The highest BCUT2D eigenvalue weighted by molar-refractivity contribution is 5.77. The number of amides is 1. The first-order valence-corrected chi connectivity index (χ1v) is 28.3. The van der Waals surface area contributed by atoms with Gasteiger partial charge in [0.2, 0.25) is 5.91 Å². The van der Waals surface area contributed by atoms with E-state index in [1.165, 1.54) is 103 Å². The summed E-state index contributed by atoms with van der Waals surface area (Å²) in [5, 5.41) is 23.9. The van der Waals surface area contributed by atoms with E-state index in [1.807, 2.05) is 0 Å². The lowest BCUT2D eigenvalue weighted by Gasteiger charge is -2.24. The maximum Gasteiger partial charge on any atom is 0.306 e. The minimum atomic E-state index is -0.805. The topological polar surface area (TPSA) is 95.9 Å². The number of nitrogens with one attached hydrogen (secondary N) is 1. The summed E-state index contributed by atoms with van der Waals surface area (Å²) < 4.78 is 5.93. The van der Waals surface area contributed by atoms with E-state index in [9.17, 15) is 19.8 Å². The molecule has 0 aromatic rings. The minimum absolute atomic E-state index is 0.0461. The zero-order chi connectivity index (χ0) is 48.8. The first kappa shape index (κ1) is 64.0. The van der Waals surface area contributed by atoms with Gasteiger partial charge >= 0.3 is 5.97 Å². The van der Waals surface area contributed by atoms with E-state index in [-0.39, 0.29) is 24.9 Å². The van der Waals surface area contributed by atoms with Crippen molar-refractivity contribution >= 4 is 11.9 Å². The van der Waals surface area contributed by atoms with E-state index < -0.39 is 18.2 Å². The van der Waals surface area contributed by atoms with Crippen molar-refractivity contribution in [3.63, 3.8) is 0 Å². The van der Waals surface area contributed by atoms with E-state index in [0.717, 1.165) is 116 Å². The molecule has 6 nitrogen and oxygen atoms in total. The summed E-state index contributed by atoms with van der Waals surface area (Å²) in [4.78, 5) is 26.2. The van der Waals surface area contributed by atoms with Gasteiger partial charge in [0.1, 0.15) is 6.10 Å². The maximum atomic E-state index is 13.3. The molecule has 3 unspecified atom stereocenters. The summed E-state index contributed by atoms with van der Waals surface area (Å²) in [5.41, 5.74) is 0. The van der Waals surface area contributed by atoms with Gasteiger partial charge in [-0.2, -0.15) is 0 Å². The van der Waals surface area contributed by atoms with Gasteiger partial charge < -0.3 is 20.3 Å². The second-order valence-corrected chi connectivity index (χ2v) is 19.0. The van der Waals surface area contributed by atoms with Crippen LogP contribution in [0.15, 0.2) is 85.1 Å². The molecule has 3 atom stereocenters. The number of rotatable bonds is 50. The Bertz CT molecular complexity index is 1280. The number of esters is 1. The van der Waals surface area contributed by atoms with Crippen LogP contribution < -0.4 is 5.32 Å². The predicted molar refractivity (Wildman–Crippen MR) is 291 cm³/mol. The van der Waals surface area contributed by atoms with Crippen LogP contribution in [0.3, 0.4) is 0 Å². The Hall–Kier alpha value is -2.96. The highest BCUT2D eigenvalue weighted by Crippen LogP contribution is 2.17. The van der Waals surface area contributed by atoms with Gasteiger partial charge in [-0.05, 0) is 103 Å². The highest BCUT2D eigenvalue weighted by Gasteiger charge is 2.24. The Morgan fingerprint density at radius 2 is 0.806 bits per heavy atom. The second-order valence-electron chi connectivity index (χ2n) is 19.0. The fourth-order valence-electron chi connectivity index (χ4n) is 8.19. The summed E-state index contributed by atoms with van der Waals surface area (Å²) in [7, 11) is 0. The van der Waals surface area contributed by atoms with Gasteiger partial charge in [0.25, 0.3) is 0 Å². The normalized spacial score (nSPS) is 13.8. The number of hydrogen-bond acceptors (Lipinski definition) is 5. The number of carbonyl (C=O) groups excluding carboxylic acids is 2. The van der Waals surface area contributed by atoms with Crippen LogP contribution in [0.4, 0.5) is 0 Å². The van der Waals surface area contributed by atoms with Crippen molar-refractivity contribution in [2.24, 2.45) is 0 Å². The molecule has 0 spiro atoms. The molecule has 1 amide bonds. The lowest BCUT2D eigenvalue weighted by atomic mass is 10.0. The molecular weight excluding hydrogens is 827 g/mol. The van der Waals surface area contributed by atoms with Gasteiger partial charge in [-0.15, -0.1) is 0 Å². The largest absolute Gasteiger partial charge is 0.462 e. The van der Waals surface area contributed by atoms with E-state index in [2.05, 4.69) is 111 Å². The maximum absolute atomic E-state index is 13.3. The lowest BCUT2D eigenvalue weighted by Crippen LogP contribution is -2.46. The van der Waals surface area contributed by atoms with Gasteiger partial charge in [0.05, 0.1) is 25.2 Å². The fraction of sp³-hybridized carbons (Fsp3) is 0.738. The summed E-state index contributed by atoms with van der Waals surface area (Å²) in [6.07, 6.45) is 70.7. The monoisotopic (exact) mass is 934 g/mol. The third-order valence-electron chi connectivity index (χ3n) is 12.5. The molecule has 0 heterocycles. The molecule has 3 N–H and O–H groups in total. The van der Waals surface area contributed by atoms with Crippen molar-refractivity contribution in [3.05, 3.63) is 85.1 Å². The third kappa shape index (κ3) is 49.3. The van der Waals surface area contributed by atoms with Crippen molar-refractivity contribution in [1.82, 2.24) is 5.32 Å². The molecule has 386 valence electrons. The van der Waals surface area contributed by atoms with Crippen molar-refractivity contribution in [3.8, 4) is 0 Å². The predicted octanol–water partition coefficient (Wildman–Crippen LogP) is 17.5. The van der Waals surface area contributed by atoms with Crippen LogP contribution in [0, 0.1) is 0 Å². The minimum Gasteiger partial charge on any atom is -0.462 e. The van der Waals surface area contributed by atoms with Gasteiger partial charge in [-0.1, -0.05) is 234 Å². The van der Waals surface area contributed by atoms with Gasteiger partial charge in [0.15, 0.2) is 0 Å². The number of allylic oxidation sites excluding steroid dienone is 14. The highest BCUT2D eigenvalue weighted by atomic mass is 16.5. The molecule has 0 saturated heterocycles. The SMILES string of the molecule is CC/C=C/C/C=C/C/C=C/CCCCCCC(CC(=O)NC(CO)C(O)CCCCCCCCCCCCCCCCC)OC(=O)CCCCC/C=C\C/C=C\C/C=C\C/C=C\CCCCC. The number of aliphatic hydroxyl groups is 2. The number of aliphatic hydroxyl groups excluding tert-OH is 2. The van der Waals surface area contributed by atoms with Crippen LogP contribution in [0.5, 0.6) is 0 Å². The van der Waals surface area contributed by atoms with Crippen LogP contribution in [0.1, 0.15) is 265 Å². The molecule has 0 saturated carbocycles. The molecule has 0 rings (SSSR count). The molecular formula is C61H107NO5. The molecule has 0 fully saturated rings.